The van der Waals surface area contributed by atoms with E-state index in [1.165, 1.54) is 5.56 Å². The molecule has 2 aliphatic heterocycles. The summed E-state index contributed by atoms with van der Waals surface area (Å²) in [4.78, 5) is 27.2. The number of amides is 1. The van der Waals surface area contributed by atoms with E-state index in [-0.39, 0.29) is 35.9 Å². The summed E-state index contributed by atoms with van der Waals surface area (Å²) in [5.74, 6) is 0.963. The summed E-state index contributed by atoms with van der Waals surface area (Å²) < 4.78 is 5.41. The molecular formula is C21H30N2O4. The molecule has 4 atom stereocenters. The van der Waals surface area contributed by atoms with Gasteiger partial charge in [0.25, 0.3) is 0 Å². The standard InChI is InChI=1S/C21H30N2O4/c1-14(26)23-13-21(2,9-5-6-10-24)19-16-8-7-15(27-4)11-17(16)22(3)20(19)18(23)12-25/h7-8,10-11,18-20,25H,5-6,9,12-13H2,1-4H3. The van der Waals surface area contributed by atoms with Crippen LogP contribution < -0.4 is 9.64 Å². The second kappa shape index (κ2) is 7.50. The van der Waals surface area contributed by atoms with E-state index >= 15 is 0 Å². The van der Waals surface area contributed by atoms with Gasteiger partial charge >= 0.3 is 0 Å². The molecule has 0 aromatic heterocycles. The Morgan fingerprint density at radius 1 is 1.44 bits per heavy atom. The highest BCUT2D eigenvalue weighted by Crippen LogP contribution is 2.56. The minimum absolute atomic E-state index is 0.00372. The summed E-state index contributed by atoms with van der Waals surface area (Å²) in [7, 11) is 3.68. The smallest absolute Gasteiger partial charge is 0.219 e. The fraction of sp³-hybridized carbons (Fsp3) is 0.619. The highest BCUT2D eigenvalue weighted by molar-refractivity contribution is 5.75. The summed E-state index contributed by atoms with van der Waals surface area (Å²) in [5.41, 5.74) is 2.16. The van der Waals surface area contributed by atoms with Crippen LogP contribution >= 0.6 is 0 Å². The third-order valence-corrected chi connectivity index (χ3v) is 6.48. The Morgan fingerprint density at radius 3 is 2.78 bits per heavy atom. The van der Waals surface area contributed by atoms with Gasteiger partial charge < -0.3 is 24.4 Å². The number of aliphatic hydroxyl groups excluding tert-OH is 1. The molecule has 0 bridgehead atoms. The molecule has 0 spiro atoms. The molecule has 27 heavy (non-hydrogen) atoms. The topological polar surface area (TPSA) is 70.1 Å². The number of unbranched alkanes of at least 4 members (excludes halogenated alkanes) is 1. The lowest BCUT2D eigenvalue weighted by Crippen LogP contribution is -2.64. The molecule has 1 N–H and O–H groups in total. The minimum Gasteiger partial charge on any atom is -0.497 e. The number of ether oxygens (including phenoxy) is 1. The van der Waals surface area contributed by atoms with Crippen LogP contribution in [0, 0.1) is 5.41 Å². The molecule has 1 fully saturated rings. The monoisotopic (exact) mass is 374 g/mol. The van der Waals surface area contributed by atoms with Crippen molar-refractivity contribution in [2.45, 2.75) is 51.1 Å². The predicted molar refractivity (Wildman–Crippen MR) is 104 cm³/mol. The lowest BCUT2D eigenvalue weighted by molar-refractivity contribution is -0.139. The number of anilines is 1. The number of hydrogen-bond acceptors (Lipinski definition) is 5. The van der Waals surface area contributed by atoms with Gasteiger partial charge in [-0.1, -0.05) is 13.0 Å². The van der Waals surface area contributed by atoms with Crippen molar-refractivity contribution < 1.29 is 19.4 Å². The summed E-state index contributed by atoms with van der Waals surface area (Å²) in [6, 6.07) is 5.87. The van der Waals surface area contributed by atoms with Gasteiger partial charge in [0.05, 0.1) is 25.8 Å². The number of carbonyl (C=O) groups excluding carboxylic acids is 2. The van der Waals surface area contributed by atoms with Crippen LogP contribution in [0.4, 0.5) is 5.69 Å². The first-order valence-electron chi connectivity index (χ1n) is 9.60. The van der Waals surface area contributed by atoms with Crippen molar-refractivity contribution in [3.63, 3.8) is 0 Å². The number of aldehydes is 1. The summed E-state index contributed by atoms with van der Waals surface area (Å²) in [6.45, 7) is 4.31. The summed E-state index contributed by atoms with van der Waals surface area (Å²) in [5, 5.41) is 10.1. The van der Waals surface area contributed by atoms with E-state index in [0.717, 1.165) is 30.6 Å². The molecule has 0 radical (unpaired) electrons. The number of piperidine rings is 1. The number of rotatable bonds is 6. The van der Waals surface area contributed by atoms with Gasteiger partial charge in [-0.15, -0.1) is 0 Å². The molecule has 0 aliphatic carbocycles. The lowest BCUT2D eigenvalue weighted by atomic mass is 9.64. The molecule has 148 valence electrons. The molecule has 6 heteroatoms. The normalized spacial score (nSPS) is 29.3. The van der Waals surface area contributed by atoms with E-state index in [9.17, 15) is 14.7 Å². The number of carbonyl (C=O) groups is 2. The molecule has 2 heterocycles. The van der Waals surface area contributed by atoms with Crippen LogP contribution in [0.2, 0.25) is 0 Å². The molecule has 1 aromatic carbocycles. The predicted octanol–water partition coefficient (Wildman–Crippen LogP) is 2.20. The molecule has 0 saturated carbocycles. The SMILES string of the molecule is COc1ccc2c(c1)N(C)C1C(CO)N(C(C)=O)CC(C)(CCCC=O)C21. The van der Waals surface area contributed by atoms with Gasteiger partial charge in [-0.3, -0.25) is 4.79 Å². The van der Waals surface area contributed by atoms with Gasteiger partial charge in [0.1, 0.15) is 12.0 Å². The molecular weight excluding hydrogens is 344 g/mol. The van der Waals surface area contributed by atoms with E-state index in [4.69, 9.17) is 4.74 Å². The zero-order valence-electron chi connectivity index (χ0n) is 16.6. The van der Waals surface area contributed by atoms with Gasteiger partial charge in [0.15, 0.2) is 0 Å². The maximum atomic E-state index is 12.4. The number of hydrogen-bond donors (Lipinski definition) is 1. The number of fused-ring (bicyclic) bond motifs is 3. The van der Waals surface area contributed by atoms with E-state index in [2.05, 4.69) is 17.9 Å². The first kappa shape index (κ1) is 19.7. The second-order valence-electron chi connectivity index (χ2n) is 8.11. The van der Waals surface area contributed by atoms with Gasteiger partial charge in [-0.05, 0) is 29.9 Å². The number of nitrogens with zero attached hydrogens (tertiary/aromatic N) is 2. The molecule has 1 aromatic rings. The van der Waals surface area contributed by atoms with Crippen LogP contribution in [-0.4, -0.2) is 61.6 Å². The van der Waals surface area contributed by atoms with Crippen LogP contribution in [0.1, 0.15) is 44.6 Å². The van der Waals surface area contributed by atoms with Gasteiger partial charge in [0, 0.05) is 44.6 Å². The van der Waals surface area contributed by atoms with Gasteiger partial charge in [-0.2, -0.15) is 0 Å². The van der Waals surface area contributed by atoms with Crippen molar-refractivity contribution in [3.8, 4) is 5.75 Å². The molecule has 1 saturated heterocycles. The van der Waals surface area contributed by atoms with Crippen LogP contribution in [0.25, 0.3) is 0 Å². The lowest BCUT2D eigenvalue weighted by Gasteiger charge is -2.53. The Hall–Kier alpha value is -2.08. The average molecular weight is 374 g/mol. The van der Waals surface area contributed by atoms with Crippen LogP contribution in [0.5, 0.6) is 5.75 Å². The number of benzene rings is 1. The Labute approximate surface area is 161 Å². The van der Waals surface area contributed by atoms with E-state index in [1.54, 1.807) is 14.0 Å². The van der Waals surface area contributed by atoms with E-state index in [0.29, 0.717) is 13.0 Å². The number of likely N-dealkylation sites (N-methyl/N-ethyl adjacent to an activating group) is 1. The maximum absolute atomic E-state index is 12.4. The third kappa shape index (κ3) is 3.20. The average Bonchev–Trinajstić information content (AvgIpc) is 2.95. The highest BCUT2D eigenvalue weighted by Gasteiger charge is 2.56. The van der Waals surface area contributed by atoms with Crippen molar-refractivity contribution in [1.82, 2.24) is 4.90 Å². The molecule has 4 unspecified atom stereocenters. The van der Waals surface area contributed by atoms with Crippen molar-refractivity contribution in [2.24, 2.45) is 5.41 Å². The molecule has 3 rings (SSSR count). The third-order valence-electron chi connectivity index (χ3n) is 6.48. The van der Waals surface area contributed by atoms with Crippen molar-refractivity contribution in [3.05, 3.63) is 23.8 Å². The van der Waals surface area contributed by atoms with E-state index < -0.39 is 0 Å². The Balaban J connectivity index is 2.09. The van der Waals surface area contributed by atoms with E-state index in [1.807, 2.05) is 24.1 Å². The first-order valence-corrected chi connectivity index (χ1v) is 9.60. The Bertz CT molecular complexity index is 722. The first-order chi connectivity index (χ1) is 12.9. The van der Waals surface area contributed by atoms with Crippen LogP contribution in [0.3, 0.4) is 0 Å². The molecule has 1 amide bonds. The van der Waals surface area contributed by atoms with Crippen LogP contribution in [0.15, 0.2) is 18.2 Å². The molecule has 2 aliphatic rings. The minimum atomic E-state index is -0.255. The summed E-state index contributed by atoms with van der Waals surface area (Å²) >= 11 is 0. The zero-order chi connectivity index (χ0) is 19.8. The van der Waals surface area contributed by atoms with Gasteiger partial charge in [0.2, 0.25) is 5.91 Å². The Morgan fingerprint density at radius 2 is 2.19 bits per heavy atom. The quantitative estimate of drug-likeness (QED) is 0.611. The molecule has 6 nitrogen and oxygen atoms in total. The highest BCUT2D eigenvalue weighted by atomic mass is 16.5. The van der Waals surface area contributed by atoms with Crippen molar-refractivity contribution in [1.29, 1.82) is 0 Å². The zero-order valence-corrected chi connectivity index (χ0v) is 16.6. The maximum Gasteiger partial charge on any atom is 0.219 e. The summed E-state index contributed by atoms with van der Waals surface area (Å²) in [6.07, 6.45) is 3.15. The number of likely N-dealkylation sites (tertiary alicyclic amines) is 1. The number of methoxy groups -OCH3 is 1. The van der Waals surface area contributed by atoms with Gasteiger partial charge in [-0.25, -0.2) is 0 Å². The van der Waals surface area contributed by atoms with Crippen LogP contribution in [-0.2, 0) is 9.59 Å². The van der Waals surface area contributed by atoms with Crippen molar-refractivity contribution >= 4 is 17.9 Å². The fourth-order valence-corrected chi connectivity index (χ4v) is 5.22. The van der Waals surface area contributed by atoms with Crippen molar-refractivity contribution in [2.75, 3.05) is 32.2 Å². The Kier molecular flexibility index (Phi) is 5.47. The fourth-order valence-electron chi connectivity index (χ4n) is 5.22. The number of aliphatic hydroxyl groups is 1. The second-order valence-corrected chi connectivity index (χ2v) is 8.11. The largest absolute Gasteiger partial charge is 0.497 e.